The highest BCUT2D eigenvalue weighted by atomic mass is 16.3. The number of nitrogens with one attached hydrogen (secondary N) is 1. The second-order valence-corrected chi connectivity index (χ2v) is 4.99. The summed E-state index contributed by atoms with van der Waals surface area (Å²) in [5, 5.41) is 19.0. The van der Waals surface area contributed by atoms with Gasteiger partial charge in [-0.1, -0.05) is 12.1 Å². The Morgan fingerprint density at radius 2 is 1.89 bits per heavy atom. The second kappa shape index (κ2) is 4.85. The number of phenolic OH excluding ortho intramolecular Hbond substituents is 1. The summed E-state index contributed by atoms with van der Waals surface area (Å²) in [4.78, 5) is 18.5. The van der Waals surface area contributed by atoms with E-state index in [1.165, 1.54) is 13.8 Å². The molecule has 1 aromatic heterocycles. The zero-order valence-corrected chi connectivity index (χ0v) is 10.8. The molecule has 2 rings (SSSR count). The number of aliphatic hydroxyl groups is 1. The van der Waals surface area contributed by atoms with Crippen molar-refractivity contribution < 1.29 is 10.2 Å². The molecule has 1 heterocycles. The lowest BCUT2D eigenvalue weighted by molar-refractivity contribution is 0.0721. The fourth-order valence-corrected chi connectivity index (χ4v) is 1.80. The standard InChI is InChI=1S/C14H16N2O3/c1-14(2,19)12-13(18)16-10(8-15-12)7-9-3-5-11(17)6-4-9/h3-6,8,17,19H,7H2,1-2H3,(H,16,18). The van der Waals surface area contributed by atoms with Crippen LogP contribution in [-0.2, 0) is 12.0 Å². The van der Waals surface area contributed by atoms with Crippen molar-refractivity contribution in [2.24, 2.45) is 0 Å². The molecule has 0 spiro atoms. The van der Waals surface area contributed by atoms with Gasteiger partial charge in [-0.05, 0) is 31.5 Å². The molecule has 0 aliphatic heterocycles. The van der Waals surface area contributed by atoms with Crippen molar-refractivity contribution in [3.05, 3.63) is 57.8 Å². The van der Waals surface area contributed by atoms with Crippen LogP contribution in [0.25, 0.3) is 0 Å². The monoisotopic (exact) mass is 260 g/mol. The van der Waals surface area contributed by atoms with Gasteiger partial charge in [0.1, 0.15) is 17.0 Å². The minimum absolute atomic E-state index is 0.0990. The molecule has 0 saturated heterocycles. The molecular formula is C14H16N2O3. The third-order valence-corrected chi connectivity index (χ3v) is 2.75. The van der Waals surface area contributed by atoms with Crippen molar-refractivity contribution in [1.29, 1.82) is 0 Å². The van der Waals surface area contributed by atoms with Crippen LogP contribution < -0.4 is 5.56 Å². The smallest absolute Gasteiger partial charge is 0.272 e. The Morgan fingerprint density at radius 3 is 2.42 bits per heavy atom. The molecule has 0 aliphatic carbocycles. The minimum atomic E-state index is -1.26. The third-order valence-electron chi connectivity index (χ3n) is 2.75. The molecule has 5 nitrogen and oxygen atoms in total. The van der Waals surface area contributed by atoms with E-state index in [-0.39, 0.29) is 17.0 Å². The highest BCUT2D eigenvalue weighted by Crippen LogP contribution is 2.14. The van der Waals surface area contributed by atoms with E-state index in [1.807, 2.05) is 0 Å². The summed E-state index contributed by atoms with van der Waals surface area (Å²) < 4.78 is 0. The number of aromatic amines is 1. The molecule has 0 amide bonds. The topological polar surface area (TPSA) is 86.2 Å². The molecule has 0 fully saturated rings. The SMILES string of the molecule is CC(C)(O)c1ncc(Cc2ccc(O)cc2)[nH]c1=O. The molecule has 5 heteroatoms. The van der Waals surface area contributed by atoms with E-state index in [0.717, 1.165) is 5.56 Å². The maximum absolute atomic E-state index is 11.8. The predicted octanol–water partition coefficient (Wildman–Crippen LogP) is 1.29. The van der Waals surface area contributed by atoms with Gasteiger partial charge in [0, 0.05) is 18.3 Å². The number of benzene rings is 1. The van der Waals surface area contributed by atoms with E-state index < -0.39 is 5.60 Å². The van der Waals surface area contributed by atoms with Gasteiger partial charge in [-0.2, -0.15) is 0 Å². The maximum atomic E-state index is 11.8. The summed E-state index contributed by atoms with van der Waals surface area (Å²) in [5.41, 5.74) is 0.0608. The molecule has 0 atom stereocenters. The number of nitrogens with zero attached hydrogens (tertiary/aromatic N) is 1. The molecule has 3 N–H and O–H groups in total. The first-order valence-corrected chi connectivity index (χ1v) is 5.95. The Hall–Kier alpha value is -2.14. The molecule has 0 aliphatic rings. The first kappa shape index (κ1) is 13.3. The number of aromatic hydroxyl groups is 1. The Labute approximate surface area is 110 Å². The van der Waals surface area contributed by atoms with E-state index in [4.69, 9.17) is 0 Å². The Morgan fingerprint density at radius 1 is 1.26 bits per heavy atom. The first-order chi connectivity index (χ1) is 8.86. The lowest BCUT2D eigenvalue weighted by Crippen LogP contribution is -2.29. The molecule has 0 unspecified atom stereocenters. The van der Waals surface area contributed by atoms with Crippen LogP contribution in [0, 0.1) is 0 Å². The summed E-state index contributed by atoms with van der Waals surface area (Å²) in [6, 6.07) is 6.73. The average Bonchev–Trinajstić information content (AvgIpc) is 2.30. The van der Waals surface area contributed by atoms with Crippen LogP contribution in [0.2, 0.25) is 0 Å². The molecule has 0 bridgehead atoms. The Bertz CT molecular complexity index is 624. The molecule has 100 valence electrons. The van der Waals surface area contributed by atoms with E-state index in [9.17, 15) is 15.0 Å². The van der Waals surface area contributed by atoms with Crippen LogP contribution in [0.15, 0.2) is 35.3 Å². The molecule has 1 aromatic carbocycles. The van der Waals surface area contributed by atoms with E-state index >= 15 is 0 Å². The van der Waals surface area contributed by atoms with Gasteiger partial charge in [-0.15, -0.1) is 0 Å². The van der Waals surface area contributed by atoms with Crippen LogP contribution >= 0.6 is 0 Å². The fraction of sp³-hybridized carbons (Fsp3) is 0.286. The number of phenols is 1. The van der Waals surface area contributed by atoms with Crippen molar-refractivity contribution in [2.45, 2.75) is 25.9 Å². The van der Waals surface area contributed by atoms with Crippen molar-refractivity contribution >= 4 is 0 Å². The number of aromatic nitrogens is 2. The minimum Gasteiger partial charge on any atom is -0.508 e. The van der Waals surface area contributed by atoms with E-state index in [0.29, 0.717) is 12.1 Å². The summed E-state index contributed by atoms with van der Waals surface area (Å²) in [7, 11) is 0. The van der Waals surface area contributed by atoms with Crippen LogP contribution in [0.5, 0.6) is 5.75 Å². The first-order valence-electron chi connectivity index (χ1n) is 5.95. The summed E-state index contributed by atoms with van der Waals surface area (Å²) in [5.74, 6) is 0.202. The Kier molecular flexibility index (Phi) is 3.40. The molecule has 0 radical (unpaired) electrons. The average molecular weight is 260 g/mol. The van der Waals surface area contributed by atoms with Gasteiger partial charge in [0.15, 0.2) is 0 Å². The maximum Gasteiger partial charge on any atom is 0.272 e. The number of hydrogen-bond acceptors (Lipinski definition) is 4. The number of rotatable bonds is 3. The van der Waals surface area contributed by atoms with Crippen LogP contribution in [0.1, 0.15) is 30.8 Å². The normalized spacial score (nSPS) is 11.5. The van der Waals surface area contributed by atoms with Gasteiger partial charge < -0.3 is 15.2 Å². The van der Waals surface area contributed by atoms with Gasteiger partial charge in [-0.3, -0.25) is 9.78 Å². The van der Waals surface area contributed by atoms with Crippen molar-refractivity contribution in [3.63, 3.8) is 0 Å². The van der Waals surface area contributed by atoms with Gasteiger partial charge >= 0.3 is 0 Å². The highest BCUT2D eigenvalue weighted by molar-refractivity contribution is 5.28. The molecule has 19 heavy (non-hydrogen) atoms. The molecule has 2 aromatic rings. The van der Waals surface area contributed by atoms with Crippen LogP contribution in [-0.4, -0.2) is 20.2 Å². The summed E-state index contributed by atoms with van der Waals surface area (Å²) in [6.07, 6.45) is 2.05. The largest absolute Gasteiger partial charge is 0.508 e. The summed E-state index contributed by atoms with van der Waals surface area (Å²) in [6.45, 7) is 3.04. The number of H-pyrrole nitrogens is 1. The van der Waals surface area contributed by atoms with Gasteiger partial charge in [0.05, 0.1) is 0 Å². The quantitative estimate of drug-likeness (QED) is 0.776. The van der Waals surface area contributed by atoms with Crippen molar-refractivity contribution in [3.8, 4) is 5.75 Å². The predicted molar refractivity (Wildman–Crippen MR) is 71.0 cm³/mol. The number of hydrogen-bond donors (Lipinski definition) is 3. The van der Waals surface area contributed by atoms with Gasteiger partial charge in [0.25, 0.3) is 5.56 Å². The zero-order chi connectivity index (χ0) is 14.0. The van der Waals surface area contributed by atoms with Crippen molar-refractivity contribution in [1.82, 2.24) is 9.97 Å². The summed E-state index contributed by atoms with van der Waals surface area (Å²) >= 11 is 0. The molecular weight excluding hydrogens is 244 g/mol. The van der Waals surface area contributed by atoms with Crippen LogP contribution in [0.4, 0.5) is 0 Å². The lowest BCUT2D eigenvalue weighted by Gasteiger charge is -2.15. The van der Waals surface area contributed by atoms with Gasteiger partial charge in [-0.25, -0.2) is 0 Å². The second-order valence-electron chi connectivity index (χ2n) is 4.99. The molecule has 0 saturated carbocycles. The lowest BCUT2D eigenvalue weighted by atomic mass is 10.1. The van der Waals surface area contributed by atoms with Gasteiger partial charge in [0.2, 0.25) is 0 Å². The van der Waals surface area contributed by atoms with Crippen LogP contribution in [0.3, 0.4) is 0 Å². The van der Waals surface area contributed by atoms with E-state index in [1.54, 1.807) is 30.5 Å². The fourth-order valence-electron chi connectivity index (χ4n) is 1.80. The zero-order valence-electron chi connectivity index (χ0n) is 10.8. The Balaban J connectivity index is 2.26. The van der Waals surface area contributed by atoms with E-state index in [2.05, 4.69) is 9.97 Å². The van der Waals surface area contributed by atoms with Crippen molar-refractivity contribution in [2.75, 3.05) is 0 Å². The third kappa shape index (κ3) is 3.20. The highest BCUT2D eigenvalue weighted by Gasteiger charge is 2.21.